The molecule has 12 heavy (non-hydrogen) atoms. The quantitative estimate of drug-likeness (QED) is 0.334. The van der Waals surface area contributed by atoms with Crippen molar-refractivity contribution >= 4 is 10.1 Å². The molecule has 6 nitrogen and oxygen atoms in total. The number of hydrogen-bond donors (Lipinski definition) is 3. The first kappa shape index (κ1) is 11.8. The lowest BCUT2D eigenvalue weighted by Crippen LogP contribution is -2.31. The van der Waals surface area contributed by atoms with E-state index in [1.165, 1.54) is 0 Å². The summed E-state index contributed by atoms with van der Waals surface area (Å²) < 4.78 is 25.5. The third kappa shape index (κ3) is 5.44. The van der Waals surface area contributed by atoms with Crippen LogP contribution >= 0.6 is 0 Å². The summed E-state index contributed by atoms with van der Waals surface area (Å²) >= 11 is 0. The molecule has 0 fully saturated rings. The fourth-order valence-electron chi connectivity index (χ4n) is 0.659. The predicted molar refractivity (Wildman–Crippen MR) is 41.9 cm³/mol. The molecule has 0 aromatic heterocycles. The molecule has 0 aliphatic rings. The normalized spacial score (nSPS) is 14.6. The van der Waals surface area contributed by atoms with E-state index in [1.807, 2.05) is 0 Å². The van der Waals surface area contributed by atoms with Crippen LogP contribution in [0.25, 0.3) is 0 Å². The van der Waals surface area contributed by atoms with Crippen LogP contribution in [-0.2, 0) is 14.3 Å². The van der Waals surface area contributed by atoms with E-state index in [-0.39, 0.29) is 6.54 Å². The predicted octanol–water partition coefficient (Wildman–Crippen LogP) is -2.14. The highest BCUT2D eigenvalue weighted by Gasteiger charge is 2.16. The summed E-state index contributed by atoms with van der Waals surface area (Å²) in [6.07, 6.45) is -1.02. The second-order valence-corrected chi connectivity index (χ2v) is 3.87. The van der Waals surface area contributed by atoms with Crippen LogP contribution in [0.4, 0.5) is 0 Å². The molecule has 3 N–H and O–H groups in total. The van der Waals surface area contributed by atoms with Crippen LogP contribution in [-0.4, -0.2) is 50.9 Å². The SMILES string of the molecule is CNCC(O)CS(=O)(=O)OCO. The Bertz CT molecular complexity index is 202. The van der Waals surface area contributed by atoms with E-state index in [1.54, 1.807) is 7.05 Å². The molecule has 0 heterocycles. The van der Waals surface area contributed by atoms with Crippen LogP contribution in [0.1, 0.15) is 0 Å². The lowest BCUT2D eigenvalue weighted by atomic mass is 10.4. The zero-order valence-corrected chi connectivity index (χ0v) is 7.54. The molecule has 0 spiro atoms. The first-order valence-electron chi connectivity index (χ1n) is 3.32. The fourth-order valence-corrected chi connectivity index (χ4v) is 1.50. The van der Waals surface area contributed by atoms with Gasteiger partial charge in [0, 0.05) is 6.54 Å². The number of nitrogens with one attached hydrogen (secondary N) is 1. The van der Waals surface area contributed by atoms with Crippen molar-refractivity contribution in [3.63, 3.8) is 0 Å². The summed E-state index contributed by atoms with van der Waals surface area (Å²) in [6, 6.07) is 0. The first-order chi connectivity index (χ1) is 5.52. The molecule has 74 valence electrons. The van der Waals surface area contributed by atoms with Crippen LogP contribution < -0.4 is 5.32 Å². The van der Waals surface area contributed by atoms with Gasteiger partial charge in [-0.2, -0.15) is 8.42 Å². The Morgan fingerprint density at radius 2 is 2.17 bits per heavy atom. The van der Waals surface area contributed by atoms with Crippen molar-refractivity contribution in [2.45, 2.75) is 6.10 Å². The van der Waals surface area contributed by atoms with Crippen molar-refractivity contribution in [1.29, 1.82) is 0 Å². The van der Waals surface area contributed by atoms with Crippen molar-refractivity contribution < 1.29 is 22.8 Å². The Labute approximate surface area is 71.3 Å². The van der Waals surface area contributed by atoms with Gasteiger partial charge in [-0.15, -0.1) is 0 Å². The van der Waals surface area contributed by atoms with Crippen molar-refractivity contribution in [3.8, 4) is 0 Å². The van der Waals surface area contributed by atoms with Gasteiger partial charge in [0.25, 0.3) is 10.1 Å². The Hall–Kier alpha value is -0.210. The molecule has 0 aliphatic heterocycles. The zero-order valence-electron chi connectivity index (χ0n) is 6.73. The van der Waals surface area contributed by atoms with Crippen LogP contribution in [0.2, 0.25) is 0 Å². The van der Waals surface area contributed by atoms with E-state index in [2.05, 4.69) is 9.50 Å². The van der Waals surface area contributed by atoms with Crippen LogP contribution in [0.15, 0.2) is 0 Å². The maximum Gasteiger partial charge on any atom is 0.272 e. The minimum absolute atomic E-state index is 0.161. The average Bonchev–Trinajstić information content (AvgIpc) is 1.85. The van der Waals surface area contributed by atoms with Gasteiger partial charge in [0.2, 0.25) is 0 Å². The van der Waals surface area contributed by atoms with Crippen molar-refractivity contribution in [1.82, 2.24) is 5.32 Å². The maximum absolute atomic E-state index is 10.7. The highest BCUT2D eigenvalue weighted by Crippen LogP contribution is 1.95. The Kier molecular flexibility index (Phi) is 5.34. The topological polar surface area (TPSA) is 95.9 Å². The van der Waals surface area contributed by atoms with E-state index in [9.17, 15) is 8.42 Å². The molecule has 1 unspecified atom stereocenters. The number of likely N-dealkylation sites (N-methyl/N-ethyl adjacent to an activating group) is 1. The maximum atomic E-state index is 10.7. The largest absolute Gasteiger partial charge is 0.391 e. The average molecular weight is 199 g/mol. The monoisotopic (exact) mass is 199 g/mol. The third-order valence-corrected chi connectivity index (χ3v) is 2.33. The van der Waals surface area contributed by atoms with Gasteiger partial charge in [-0.25, -0.2) is 4.18 Å². The zero-order chi connectivity index (χ0) is 9.61. The van der Waals surface area contributed by atoms with E-state index in [4.69, 9.17) is 10.2 Å². The highest BCUT2D eigenvalue weighted by atomic mass is 32.2. The molecule has 7 heteroatoms. The molecule has 0 aliphatic carbocycles. The molecular formula is C5H13NO5S. The Balaban J connectivity index is 3.89. The summed E-state index contributed by atoms with van der Waals surface area (Å²) in [7, 11) is -2.21. The molecule has 0 aromatic carbocycles. The lowest BCUT2D eigenvalue weighted by molar-refractivity contribution is 0.101. The van der Waals surface area contributed by atoms with Gasteiger partial charge < -0.3 is 15.5 Å². The van der Waals surface area contributed by atoms with Gasteiger partial charge in [-0.3, -0.25) is 0 Å². The highest BCUT2D eigenvalue weighted by molar-refractivity contribution is 7.86. The fraction of sp³-hybridized carbons (Fsp3) is 1.00. The lowest BCUT2D eigenvalue weighted by Gasteiger charge is -2.08. The van der Waals surface area contributed by atoms with Crippen LogP contribution in [0, 0.1) is 0 Å². The summed E-state index contributed by atoms with van der Waals surface area (Å²) in [6.45, 7) is -0.734. The molecule has 0 amide bonds. The second-order valence-electron chi connectivity index (χ2n) is 2.18. The van der Waals surface area contributed by atoms with Crippen LogP contribution in [0.5, 0.6) is 0 Å². The van der Waals surface area contributed by atoms with Gasteiger partial charge in [0.1, 0.15) is 5.75 Å². The van der Waals surface area contributed by atoms with Gasteiger partial charge in [-0.05, 0) is 7.05 Å². The Morgan fingerprint density at radius 1 is 1.58 bits per heavy atom. The molecule has 0 rings (SSSR count). The van der Waals surface area contributed by atoms with Crippen molar-refractivity contribution in [2.24, 2.45) is 0 Å². The van der Waals surface area contributed by atoms with E-state index in [0.29, 0.717) is 0 Å². The van der Waals surface area contributed by atoms with E-state index >= 15 is 0 Å². The summed E-state index contributed by atoms with van der Waals surface area (Å²) in [5.41, 5.74) is 0. The summed E-state index contributed by atoms with van der Waals surface area (Å²) in [5, 5.41) is 19.8. The molecule has 0 bridgehead atoms. The van der Waals surface area contributed by atoms with E-state index in [0.717, 1.165) is 0 Å². The van der Waals surface area contributed by atoms with Gasteiger partial charge in [0.15, 0.2) is 6.79 Å². The molecule has 0 radical (unpaired) electrons. The Morgan fingerprint density at radius 3 is 2.58 bits per heavy atom. The smallest absolute Gasteiger partial charge is 0.272 e. The molecule has 0 aromatic rings. The molecular weight excluding hydrogens is 186 g/mol. The standard InChI is InChI=1S/C5H13NO5S/c1-6-2-5(8)3-12(9,10)11-4-7/h5-8H,2-4H2,1H3. The number of aliphatic hydroxyl groups excluding tert-OH is 2. The van der Waals surface area contributed by atoms with Crippen molar-refractivity contribution in [3.05, 3.63) is 0 Å². The minimum atomic E-state index is -3.79. The first-order valence-corrected chi connectivity index (χ1v) is 4.90. The number of hydrogen-bond acceptors (Lipinski definition) is 6. The molecule has 0 saturated heterocycles. The molecule has 0 saturated carbocycles. The summed E-state index contributed by atoms with van der Waals surface area (Å²) in [5.74, 6) is -0.519. The summed E-state index contributed by atoms with van der Waals surface area (Å²) in [4.78, 5) is 0. The van der Waals surface area contributed by atoms with Gasteiger partial charge in [0.05, 0.1) is 6.10 Å². The van der Waals surface area contributed by atoms with Gasteiger partial charge >= 0.3 is 0 Å². The van der Waals surface area contributed by atoms with E-state index < -0.39 is 28.8 Å². The molecule has 1 atom stereocenters. The second kappa shape index (κ2) is 5.44. The van der Waals surface area contributed by atoms with Gasteiger partial charge in [-0.1, -0.05) is 0 Å². The minimum Gasteiger partial charge on any atom is -0.391 e. The van der Waals surface area contributed by atoms with Crippen LogP contribution in [0.3, 0.4) is 0 Å². The number of rotatable bonds is 6. The third-order valence-electron chi connectivity index (χ3n) is 1.07. The number of aliphatic hydroxyl groups is 2. The van der Waals surface area contributed by atoms with Crippen molar-refractivity contribution in [2.75, 3.05) is 26.1 Å².